The van der Waals surface area contributed by atoms with E-state index in [2.05, 4.69) is 5.32 Å². The Bertz CT molecular complexity index is 496. The van der Waals surface area contributed by atoms with Crippen molar-refractivity contribution in [3.8, 4) is 5.75 Å². The molecule has 0 saturated carbocycles. The second-order valence-corrected chi connectivity index (χ2v) is 6.94. The molecule has 1 unspecified atom stereocenters. The predicted molar refractivity (Wildman–Crippen MR) is 87.9 cm³/mol. The molecule has 0 radical (unpaired) electrons. The van der Waals surface area contributed by atoms with Gasteiger partial charge in [-0.2, -0.15) is 0 Å². The van der Waals surface area contributed by atoms with Crippen molar-refractivity contribution in [3.63, 3.8) is 0 Å². The van der Waals surface area contributed by atoms with Gasteiger partial charge in [0.15, 0.2) is 0 Å². The van der Waals surface area contributed by atoms with Gasteiger partial charge >= 0.3 is 0 Å². The summed E-state index contributed by atoms with van der Waals surface area (Å²) in [6, 6.07) is 5.00. The molecule has 5 heteroatoms. The van der Waals surface area contributed by atoms with Crippen LogP contribution < -0.4 is 15.8 Å². The Morgan fingerprint density at radius 2 is 2.00 bits per heavy atom. The fraction of sp³-hybridized carbons (Fsp3) is 0.562. The first-order chi connectivity index (χ1) is 9.59. The smallest absolute Gasteiger partial charge is 0.225 e. The average Bonchev–Trinajstić information content (AvgIpc) is 2.30. The summed E-state index contributed by atoms with van der Waals surface area (Å²) in [6.07, 6.45) is 0.318. The summed E-state index contributed by atoms with van der Waals surface area (Å²) in [7, 11) is 0. The van der Waals surface area contributed by atoms with Gasteiger partial charge in [0.2, 0.25) is 5.91 Å². The van der Waals surface area contributed by atoms with E-state index in [1.807, 2.05) is 34.6 Å². The van der Waals surface area contributed by atoms with Gasteiger partial charge in [-0.05, 0) is 37.5 Å². The molecule has 21 heavy (non-hydrogen) atoms. The van der Waals surface area contributed by atoms with E-state index in [9.17, 15) is 4.79 Å². The zero-order valence-corrected chi connectivity index (χ0v) is 14.1. The predicted octanol–water partition coefficient (Wildman–Crippen LogP) is 3.83. The Morgan fingerprint density at radius 1 is 1.38 bits per heavy atom. The number of carbonyl (C=O) groups excluding carboxylic acids is 1. The van der Waals surface area contributed by atoms with Crippen LogP contribution in [0.2, 0.25) is 5.02 Å². The highest BCUT2D eigenvalue weighted by Crippen LogP contribution is 2.28. The highest BCUT2D eigenvalue weighted by atomic mass is 35.5. The number of nitrogens with two attached hydrogens (primary N) is 1. The fourth-order valence-electron chi connectivity index (χ4n) is 1.65. The molecule has 0 saturated heterocycles. The molecular weight excluding hydrogens is 288 g/mol. The zero-order chi connectivity index (χ0) is 16.2. The normalized spacial score (nSPS) is 13.1. The number of ether oxygens (including phenoxy) is 1. The van der Waals surface area contributed by atoms with Crippen LogP contribution in [0.5, 0.6) is 5.75 Å². The topological polar surface area (TPSA) is 64.3 Å². The minimum Gasteiger partial charge on any atom is -0.489 e. The van der Waals surface area contributed by atoms with Crippen LogP contribution in [0.15, 0.2) is 18.2 Å². The van der Waals surface area contributed by atoms with Crippen LogP contribution in [-0.4, -0.2) is 18.1 Å². The molecule has 0 spiro atoms. The molecule has 1 aromatic rings. The van der Waals surface area contributed by atoms with Crippen molar-refractivity contribution in [1.82, 2.24) is 0 Å². The maximum atomic E-state index is 12.0. The molecule has 1 amide bonds. The van der Waals surface area contributed by atoms with E-state index in [0.717, 1.165) is 0 Å². The number of amides is 1. The lowest BCUT2D eigenvalue weighted by Gasteiger charge is -2.26. The van der Waals surface area contributed by atoms with E-state index in [1.54, 1.807) is 18.2 Å². The molecule has 0 heterocycles. The number of benzene rings is 1. The molecule has 1 aromatic carbocycles. The van der Waals surface area contributed by atoms with Crippen LogP contribution in [0, 0.1) is 5.41 Å². The molecule has 0 bridgehead atoms. The van der Waals surface area contributed by atoms with Crippen molar-refractivity contribution in [3.05, 3.63) is 23.2 Å². The van der Waals surface area contributed by atoms with Gasteiger partial charge < -0.3 is 15.8 Å². The van der Waals surface area contributed by atoms with Gasteiger partial charge in [-0.3, -0.25) is 4.79 Å². The summed E-state index contributed by atoms with van der Waals surface area (Å²) in [5.74, 6) is 0.488. The van der Waals surface area contributed by atoms with Crippen LogP contribution in [0.4, 0.5) is 5.69 Å². The molecule has 0 aliphatic carbocycles. The third kappa shape index (κ3) is 5.94. The monoisotopic (exact) mass is 312 g/mol. The first-order valence-corrected chi connectivity index (χ1v) is 7.49. The van der Waals surface area contributed by atoms with E-state index in [4.69, 9.17) is 22.1 Å². The summed E-state index contributed by atoms with van der Waals surface area (Å²) in [5, 5.41) is 3.28. The summed E-state index contributed by atoms with van der Waals surface area (Å²) in [4.78, 5) is 12.0. The SMILES string of the molecule is CC(C)Oc1ccc(NC(=O)CC(N)C(C)(C)C)cc1Cl. The van der Waals surface area contributed by atoms with Crippen molar-refractivity contribution in [2.75, 3.05) is 5.32 Å². The number of nitrogens with one attached hydrogen (secondary N) is 1. The van der Waals surface area contributed by atoms with Gasteiger partial charge in [-0.1, -0.05) is 32.4 Å². The number of halogens is 1. The molecule has 0 aliphatic rings. The number of anilines is 1. The highest BCUT2D eigenvalue weighted by Gasteiger charge is 2.23. The largest absolute Gasteiger partial charge is 0.489 e. The molecule has 3 N–H and O–H groups in total. The van der Waals surface area contributed by atoms with Crippen LogP contribution in [0.1, 0.15) is 41.0 Å². The lowest BCUT2D eigenvalue weighted by atomic mass is 9.85. The van der Waals surface area contributed by atoms with Gasteiger partial charge in [0.05, 0.1) is 11.1 Å². The third-order valence-electron chi connectivity index (χ3n) is 3.10. The summed E-state index contributed by atoms with van der Waals surface area (Å²) >= 11 is 6.13. The van der Waals surface area contributed by atoms with E-state index in [1.165, 1.54) is 0 Å². The Hall–Kier alpha value is -1.26. The van der Waals surface area contributed by atoms with Crippen molar-refractivity contribution in [2.24, 2.45) is 11.1 Å². The first kappa shape index (κ1) is 17.8. The molecule has 1 atom stereocenters. The number of hydrogen-bond donors (Lipinski definition) is 2. The number of carbonyl (C=O) groups is 1. The van der Waals surface area contributed by atoms with Crippen molar-refractivity contribution >= 4 is 23.2 Å². The highest BCUT2D eigenvalue weighted by molar-refractivity contribution is 6.32. The zero-order valence-electron chi connectivity index (χ0n) is 13.4. The van der Waals surface area contributed by atoms with E-state index < -0.39 is 0 Å². The molecule has 0 fully saturated rings. The van der Waals surface area contributed by atoms with Crippen LogP contribution >= 0.6 is 11.6 Å². The van der Waals surface area contributed by atoms with E-state index >= 15 is 0 Å². The van der Waals surface area contributed by atoms with E-state index in [-0.39, 0.29) is 29.9 Å². The van der Waals surface area contributed by atoms with Gasteiger partial charge in [0.1, 0.15) is 5.75 Å². The van der Waals surface area contributed by atoms with Crippen molar-refractivity contribution in [2.45, 2.75) is 53.2 Å². The molecule has 1 rings (SSSR count). The fourth-order valence-corrected chi connectivity index (χ4v) is 1.87. The number of hydrogen-bond acceptors (Lipinski definition) is 3. The maximum absolute atomic E-state index is 12.0. The van der Waals surface area contributed by atoms with Crippen LogP contribution in [0.25, 0.3) is 0 Å². The van der Waals surface area contributed by atoms with Crippen molar-refractivity contribution in [1.29, 1.82) is 0 Å². The maximum Gasteiger partial charge on any atom is 0.225 e. The lowest BCUT2D eigenvalue weighted by molar-refractivity contribution is -0.117. The minimum absolute atomic E-state index is 0.0488. The van der Waals surface area contributed by atoms with E-state index in [0.29, 0.717) is 16.5 Å². The number of rotatable bonds is 5. The molecule has 0 aromatic heterocycles. The van der Waals surface area contributed by atoms with Gasteiger partial charge in [0, 0.05) is 18.2 Å². The Kier molecular flexibility index (Phi) is 6.05. The Labute approximate surface area is 132 Å². The minimum atomic E-state index is -0.198. The summed E-state index contributed by atoms with van der Waals surface area (Å²) in [5.41, 5.74) is 6.54. The van der Waals surface area contributed by atoms with Crippen molar-refractivity contribution < 1.29 is 9.53 Å². The second-order valence-electron chi connectivity index (χ2n) is 6.54. The summed E-state index contributed by atoms with van der Waals surface area (Å²) in [6.45, 7) is 9.90. The first-order valence-electron chi connectivity index (χ1n) is 7.11. The molecule has 4 nitrogen and oxygen atoms in total. The van der Waals surface area contributed by atoms with Gasteiger partial charge in [0.25, 0.3) is 0 Å². The molecular formula is C16H25ClN2O2. The molecule has 118 valence electrons. The quantitative estimate of drug-likeness (QED) is 0.868. The lowest BCUT2D eigenvalue weighted by Crippen LogP contribution is -2.38. The Morgan fingerprint density at radius 3 is 2.48 bits per heavy atom. The average molecular weight is 313 g/mol. The molecule has 0 aliphatic heterocycles. The third-order valence-corrected chi connectivity index (χ3v) is 3.39. The van der Waals surface area contributed by atoms with Crippen LogP contribution in [0.3, 0.4) is 0 Å². The Balaban J connectivity index is 2.67. The summed E-state index contributed by atoms with van der Waals surface area (Å²) < 4.78 is 5.55. The second kappa shape index (κ2) is 7.14. The van der Waals surface area contributed by atoms with Crippen LogP contribution in [-0.2, 0) is 4.79 Å². The van der Waals surface area contributed by atoms with Gasteiger partial charge in [-0.25, -0.2) is 0 Å². The van der Waals surface area contributed by atoms with Gasteiger partial charge in [-0.15, -0.1) is 0 Å². The standard InChI is InChI=1S/C16H25ClN2O2/c1-10(2)21-13-7-6-11(8-12(13)17)19-15(20)9-14(18)16(3,4)5/h6-8,10,14H,9,18H2,1-5H3,(H,19,20).